The topological polar surface area (TPSA) is 12.0 Å². The van der Waals surface area contributed by atoms with Gasteiger partial charge in [0.2, 0.25) is 0 Å². The van der Waals surface area contributed by atoms with Crippen molar-refractivity contribution in [1.29, 1.82) is 0 Å². The fraction of sp³-hybridized carbons (Fsp3) is 0.692. The Bertz CT molecular complexity index is 240. The molecule has 1 fully saturated rings. The van der Waals surface area contributed by atoms with E-state index in [9.17, 15) is 0 Å². The molecule has 0 saturated carbocycles. The van der Waals surface area contributed by atoms with E-state index >= 15 is 0 Å². The lowest BCUT2D eigenvalue weighted by atomic mass is 9.88. The van der Waals surface area contributed by atoms with Gasteiger partial charge in [-0.3, -0.25) is 0 Å². The molecule has 1 nitrogen and oxygen atoms in total. The van der Waals surface area contributed by atoms with Crippen molar-refractivity contribution < 1.29 is 0 Å². The van der Waals surface area contributed by atoms with Gasteiger partial charge in [0.15, 0.2) is 0 Å². The summed E-state index contributed by atoms with van der Waals surface area (Å²) >= 11 is 0. The summed E-state index contributed by atoms with van der Waals surface area (Å²) in [5, 5.41) is 3.52. The summed E-state index contributed by atoms with van der Waals surface area (Å²) < 4.78 is 0. The zero-order valence-electron chi connectivity index (χ0n) is 9.13. The van der Waals surface area contributed by atoms with Crippen molar-refractivity contribution in [2.75, 3.05) is 13.1 Å². The van der Waals surface area contributed by atoms with Crippen LogP contribution in [0.2, 0.25) is 0 Å². The molecule has 0 radical (unpaired) electrons. The maximum atomic E-state index is 3.52. The van der Waals surface area contributed by atoms with E-state index in [-0.39, 0.29) is 0 Å². The number of fused-ring (bicyclic) bond motifs is 1. The molecule has 78 valence electrons. The van der Waals surface area contributed by atoms with E-state index in [2.05, 4.69) is 30.5 Å². The van der Waals surface area contributed by atoms with Crippen molar-refractivity contribution >= 4 is 0 Å². The number of rotatable bonds is 0. The minimum absolute atomic E-state index is 0.681. The molecule has 0 spiro atoms. The monoisotopic (exact) mass is 191 g/mol. The van der Waals surface area contributed by atoms with Gasteiger partial charge in [0.05, 0.1) is 0 Å². The van der Waals surface area contributed by atoms with E-state index in [1.54, 1.807) is 5.57 Å². The van der Waals surface area contributed by atoms with Crippen molar-refractivity contribution in [3.8, 4) is 0 Å². The third kappa shape index (κ3) is 2.48. The summed E-state index contributed by atoms with van der Waals surface area (Å²) in [6.45, 7) is 4.69. The lowest BCUT2D eigenvalue weighted by Crippen LogP contribution is -2.20. The standard InChI is InChI=1S/C13H21N/c1-11-5-2-3-6-13-10-14-8-4-7-12(13)9-11/h3,6,9,11,13-14H,2,4-5,7-8,10H2,1H3. The molecular weight excluding hydrogens is 170 g/mol. The first-order chi connectivity index (χ1) is 6.86. The molecule has 0 amide bonds. The second kappa shape index (κ2) is 4.79. The molecular formula is C13H21N. The van der Waals surface area contributed by atoms with Crippen LogP contribution in [0.5, 0.6) is 0 Å². The van der Waals surface area contributed by atoms with Crippen molar-refractivity contribution in [3.63, 3.8) is 0 Å². The van der Waals surface area contributed by atoms with Gasteiger partial charge in [-0.15, -0.1) is 0 Å². The van der Waals surface area contributed by atoms with Crippen molar-refractivity contribution in [2.24, 2.45) is 11.8 Å². The van der Waals surface area contributed by atoms with Crippen LogP contribution < -0.4 is 5.32 Å². The maximum Gasteiger partial charge on any atom is 0.0102 e. The van der Waals surface area contributed by atoms with Crippen LogP contribution in [0.25, 0.3) is 0 Å². The van der Waals surface area contributed by atoms with Gasteiger partial charge in [-0.2, -0.15) is 0 Å². The SMILES string of the molecule is CC1C=C2CCCNCC2C=CCC1. The maximum absolute atomic E-state index is 3.52. The molecule has 1 aliphatic carbocycles. The normalized spacial score (nSPS) is 33.6. The first kappa shape index (κ1) is 9.97. The zero-order valence-corrected chi connectivity index (χ0v) is 9.13. The smallest absolute Gasteiger partial charge is 0.0102 e. The third-order valence-electron chi connectivity index (χ3n) is 3.32. The minimum Gasteiger partial charge on any atom is -0.316 e. The second-order valence-electron chi connectivity index (χ2n) is 4.64. The average Bonchev–Trinajstić information content (AvgIpc) is 2.35. The first-order valence-corrected chi connectivity index (χ1v) is 5.94. The van der Waals surface area contributed by atoms with Gasteiger partial charge in [-0.05, 0) is 38.1 Å². The van der Waals surface area contributed by atoms with Crippen LogP contribution in [0.1, 0.15) is 32.6 Å². The summed E-state index contributed by atoms with van der Waals surface area (Å²) in [7, 11) is 0. The molecule has 2 atom stereocenters. The van der Waals surface area contributed by atoms with E-state index in [1.807, 2.05) is 0 Å². The number of nitrogens with one attached hydrogen (secondary N) is 1. The van der Waals surface area contributed by atoms with E-state index in [0.717, 1.165) is 12.5 Å². The molecule has 1 aliphatic heterocycles. The van der Waals surface area contributed by atoms with Crippen LogP contribution in [0.3, 0.4) is 0 Å². The molecule has 0 aromatic rings. The quantitative estimate of drug-likeness (QED) is 0.581. The van der Waals surface area contributed by atoms with Crippen molar-refractivity contribution in [2.45, 2.75) is 32.6 Å². The van der Waals surface area contributed by atoms with Crippen molar-refractivity contribution in [1.82, 2.24) is 5.32 Å². The molecule has 2 rings (SSSR count). The Morgan fingerprint density at radius 1 is 1.43 bits per heavy atom. The summed E-state index contributed by atoms with van der Waals surface area (Å²) in [5.74, 6) is 1.45. The highest BCUT2D eigenvalue weighted by molar-refractivity contribution is 5.18. The molecule has 1 saturated heterocycles. The Labute approximate surface area is 87.3 Å². The number of hydrogen-bond acceptors (Lipinski definition) is 1. The van der Waals surface area contributed by atoms with Crippen LogP contribution in [-0.4, -0.2) is 13.1 Å². The molecule has 1 heterocycles. The van der Waals surface area contributed by atoms with Crippen molar-refractivity contribution in [3.05, 3.63) is 23.8 Å². The molecule has 1 N–H and O–H groups in total. The van der Waals surface area contributed by atoms with Crippen LogP contribution in [0.4, 0.5) is 0 Å². The first-order valence-electron chi connectivity index (χ1n) is 5.94. The van der Waals surface area contributed by atoms with E-state index in [0.29, 0.717) is 5.92 Å². The lowest BCUT2D eigenvalue weighted by Gasteiger charge is -2.18. The van der Waals surface area contributed by atoms with Gasteiger partial charge < -0.3 is 5.32 Å². The van der Waals surface area contributed by atoms with E-state index in [4.69, 9.17) is 0 Å². The Morgan fingerprint density at radius 2 is 2.36 bits per heavy atom. The van der Waals surface area contributed by atoms with Gasteiger partial charge in [0, 0.05) is 12.5 Å². The second-order valence-corrected chi connectivity index (χ2v) is 4.64. The van der Waals surface area contributed by atoms with Gasteiger partial charge in [-0.25, -0.2) is 0 Å². The third-order valence-corrected chi connectivity index (χ3v) is 3.32. The molecule has 0 aromatic carbocycles. The molecule has 2 aliphatic rings. The molecule has 0 aromatic heterocycles. The highest BCUT2D eigenvalue weighted by Crippen LogP contribution is 2.25. The van der Waals surface area contributed by atoms with Crippen LogP contribution >= 0.6 is 0 Å². The Hall–Kier alpha value is -0.560. The van der Waals surface area contributed by atoms with E-state index in [1.165, 1.54) is 32.2 Å². The van der Waals surface area contributed by atoms with Gasteiger partial charge in [0.25, 0.3) is 0 Å². The number of hydrogen-bond donors (Lipinski definition) is 1. The molecule has 1 heteroatoms. The van der Waals surface area contributed by atoms with Crippen LogP contribution in [0, 0.1) is 11.8 Å². The summed E-state index contributed by atoms with van der Waals surface area (Å²) in [6, 6.07) is 0. The Morgan fingerprint density at radius 3 is 3.29 bits per heavy atom. The van der Waals surface area contributed by atoms with E-state index < -0.39 is 0 Å². The largest absolute Gasteiger partial charge is 0.316 e. The fourth-order valence-corrected chi connectivity index (χ4v) is 2.46. The van der Waals surface area contributed by atoms with Gasteiger partial charge in [-0.1, -0.05) is 30.7 Å². The molecule has 2 unspecified atom stereocenters. The summed E-state index contributed by atoms with van der Waals surface area (Å²) in [6.07, 6.45) is 12.5. The van der Waals surface area contributed by atoms with Gasteiger partial charge in [0.1, 0.15) is 0 Å². The fourth-order valence-electron chi connectivity index (χ4n) is 2.46. The highest BCUT2D eigenvalue weighted by atomic mass is 14.9. The van der Waals surface area contributed by atoms with Crippen LogP contribution in [0.15, 0.2) is 23.8 Å². The Kier molecular flexibility index (Phi) is 3.41. The minimum atomic E-state index is 0.681. The van der Waals surface area contributed by atoms with Gasteiger partial charge >= 0.3 is 0 Å². The summed E-state index contributed by atoms with van der Waals surface area (Å²) in [4.78, 5) is 0. The zero-order chi connectivity index (χ0) is 9.80. The molecule has 14 heavy (non-hydrogen) atoms. The predicted octanol–water partition coefficient (Wildman–Crippen LogP) is 2.90. The molecule has 0 bridgehead atoms. The highest BCUT2D eigenvalue weighted by Gasteiger charge is 2.16. The summed E-state index contributed by atoms with van der Waals surface area (Å²) in [5.41, 5.74) is 1.68. The van der Waals surface area contributed by atoms with Crippen LogP contribution in [-0.2, 0) is 0 Å². The predicted molar refractivity (Wildman–Crippen MR) is 61.2 cm³/mol. The average molecular weight is 191 g/mol. The number of allylic oxidation sites excluding steroid dienone is 2. The Balaban J connectivity index is 2.16. The lowest BCUT2D eigenvalue weighted by molar-refractivity contribution is 0.606.